The number of para-hydroxylation sites is 4. The summed E-state index contributed by atoms with van der Waals surface area (Å²) >= 11 is 0. The molecule has 6 aromatic heterocycles. The van der Waals surface area contributed by atoms with Crippen molar-refractivity contribution in [1.82, 2.24) is 33.2 Å². The van der Waals surface area contributed by atoms with E-state index in [2.05, 4.69) is 134 Å². The molecule has 0 aliphatic heterocycles. The third kappa shape index (κ3) is 7.72. The van der Waals surface area contributed by atoms with E-state index in [0.717, 1.165) is 121 Å². The van der Waals surface area contributed by atoms with Crippen LogP contribution < -0.4 is 0 Å². The lowest BCUT2D eigenvalue weighted by Crippen LogP contribution is -2.16. The fourth-order valence-corrected chi connectivity index (χ4v) is 13.6. The highest BCUT2D eigenvalue weighted by atomic mass is 15.2. The van der Waals surface area contributed by atoms with E-state index < -0.39 is 0 Å². The van der Waals surface area contributed by atoms with Crippen LogP contribution in [0.3, 0.4) is 0 Å². The Morgan fingerprint density at radius 1 is 0.256 bits per heavy atom. The number of hydrogen-bond acceptors (Lipinski definition) is 7. The summed E-state index contributed by atoms with van der Waals surface area (Å²) in [6.45, 7) is 0. The molecule has 17 rings (SSSR count). The van der Waals surface area contributed by atoms with E-state index in [1.807, 2.05) is 170 Å². The topological polar surface area (TPSA) is 154 Å². The Kier molecular flexibility index (Phi) is 11.5. The first-order valence-corrected chi connectivity index (χ1v) is 29.4. The Bertz CT molecular complexity index is 5750. The van der Waals surface area contributed by atoms with Gasteiger partial charge in [-0.15, -0.1) is 0 Å². The maximum Gasteiger partial charge on any atom is 0.165 e. The van der Waals surface area contributed by atoms with Crippen LogP contribution in [0.25, 0.3) is 155 Å². The summed E-state index contributed by atoms with van der Waals surface area (Å²) < 4.78 is 9.11. The SMILES string of the molecule is N#Cc1ccc2c(c1)c1ccccc1n2-c1nc(-n2c3ccccc3c3cc(C#N)ccc32)c(-n2c3ccccc3c3cc(C#N)ccc32)c(-c2ccccc2-c2cc(-c3ccccc3)nc(-c3ccccc3)n2)c1-n1c2ccccc2c2cc(C#N)ccc21. The number of nitrogens with zero attached hydrogens (tertiary/aromatic N) is 11. The Balaban J connectivity index is 1.18. The summed E-state index contributed by atoms with van der Waals surface area (Å²) in [5, 5.41) is 49.5. The zero-order valence-electron chi connectivity index (χ0n) is 47.7. The summed E-state index contributed by atoms with van der Waals surface area (Å²) in [4.78, 5) is 17.3. The van der Waals surface area contributed by atoms with Crippen molar-refractivity contribution >= 4 is 87.2 Å². The van der Waals surface area contributed by atoms with Gasteiger partial charge in [-0.05, 0) is 109 Å². The van der Waals surface area contributed by atoms with E-state index in [0.29, 0.717) is 56.8 Å². The maximum absolute atomic E-state index is 10.6. The predicted octanol–water partition coefficient (Wildman–Crippen LogP) is 18.4. The molecule has 90 heavy (non-hydrogen) atoms. The first kappa shape index (κ1) is 51.2. The standard InChI is InChI=1S/C79H43N11/c80-44-48-31-35-70-60(39-48)55-22-9-13-27-66(55)87(70)75-74(59-26-8-7-21-54(59)65-43-64(52-17-3-1-4-18-52)84-77(85-65)53-19-5-2-6-20-53)76(88-67-28-14-10-23-56(67)61-40-49(45-81)32-36-71(61)88)79(90-69-30-16-12-25-58(69)63-42-51(47-83)34-38-73(63)90)86-78(75)89-68-29-15-11-24-57(68)62-41-50(46-82)33-37-72(62)89/h1-43H. The Morgan fingerprint density at radius 3 is 0.989 bits per heavy atom. The van der Waals surface area contributed by atoms with Crippen molar-refractivity contribution < 1.29 is 0 Å². The minimum Gasteiger partial charge on any atom is -0.305 e. The van der Waals surface area contributed by atoms with E-state index in [-0.39, 0.29) is 0 Å². The molecule has 0 saturated carbocycles. The van der Waals surface area contributed by atoms with E-state index in [1.165, 1.54) is 0 Å². The minimum atomic E-state index is 0.515. The number of rotatable bonds is 8. The van der Waals surface area contributed by atoms with Crippen molar-refractivity contribution in [3.8, 4) is 92.3 Å². The smallest absolute Gasteiger partial charge is 0.165 e. The minimum absolute atomic E-state index is 0.515. The molecular weight excluding hydrogens is 1100 g/mol. The van der Waals surface area contributed by atoms with Gasteiger partial charge in [-0.2, -0.15) is 21.0 Å². The average molecular weight is 1150 g/mol. The summed E-state index contributed by atoms with van der Waals surface area (Å²) in [6.07, 6.45) is 0. The Labute approximate surface area is 514 Å². The Hall–Kier alpha value is -13.2. The molecule has 0 N–H and O–H groups in total. The number of fused-ring (bicyclic) bond motifs is 12. The molecule has 11 nitrogen and oxygen atoms in total. The molecule has 0 fully saturated rings. The third-order valence-corrected chi connectivity index (χ3v) is 17.5. The van der Waals surface area contributed by atoms with Crippen molar-refractivity contribution in [2.24, 2.45) is 0 Å². The lowest BCUT2D eigenvalue weighted by molar-refractivity contribution is 0.961. The number of nitriles is 4. The summed E-state index contributed by atoms with van der Waals surface area (Å²) in [6, 6.07) is 97.2. The molecule has 0 spiro atoms. The van der Waals surface area contributed by atoms with E-state index in [9.17, 15) is 21.0 Å². The van der Waals surface area contributed by atoms with E-state index in [4.69, 9.17) is 15.0 Å². The lowest BCUT2D eigenvalue weighted by atomic mass is 9.93. The monoisotopic (exact) mass is 1150 g/mol. The maximum atomic E-state index is 10.6. The second-order valence-electron chi connectivity index (χ2n) is 22.4. The van der Waals surface area contributed by atoms with Gasteiger partial charge in [0.1, 0.15) is 11.4 Å². The predicted molar refractivity (Wildman–Crippen MR) is 358 cm³/mol. The largest absolute Gasteiger partial charge is 0.305 e. The quantitative estimate of drug-likeness (QED) is 0.147. The van der Waals surface area contributed by atoms with Crippen LogP contribution in [0.2, 0.25) is 0 Å². The first-order chi connectivity index (χ1) is 44.5. The van der Waals surface area contributed by atoms with Crippen LogP contribution in [0.5, 0.6) is 0 Å². The average Bonchev–Trinajstić information content (AvgIpc) is 1.42. The molecule has 0 radical (unpaired) electrons. The van der Waals surface area contributed by atoms with Crippen LogP contribution in [-0.2, 0) is 0 Å². The highest BCUT2D eigenvalue weighted by Crippen LogP contribution is 2.51. The first-order valence-electron chi connectivity index (χ1n) is 29.4. The van der Waals surface area contributed by atoms with Crippen molar-refractivity contribution in [3.05, 3.63) is 283 Å². The normalized spacial score (nSPS) is 11.5. The molecule has 0 saturated heterocycles. The van der Waals surface area contributed by atoms with Crippen LogP contribution in [0.15, 0.2) is 261 Å². The van der Waals surface area contributed by atoms with Crippen LogP contribution in [0, 0.1) is 45.3 Å². The van der Waals surface area contributed by atoms with Gasteiger partial charge < -0.3 is 9.13 Å². The van der Waals surface area contributed by atoms with Gasteiger partial charge in [-0.25, -0.2) is 15.0 Å². The van der Waals surface area contributed by atoms with Gasteiger partial charge in [0.05, 0.1) is 102 Å². The molecule has 0 amide bonds. The summed E-state index contributed by atoms with van der Waals surface area (Å²) in [7, 11) is 0. The van der Waals surface area contributed by atoms with Gasteiger partial charge in [0.2, 0.25) is 0 Å². The molecule has 414 valence electrons. The molecule has 0 bridgehead atoms. The van der Waals surface area contributed by atoms with E-state index >= 15 is 0 Å². The van der Waals surface area contributed by atoms with Gasteiger partial charge in [0.15, 0.2) is 17.5 Å². The Morgan fingerprint density at radius 2 is 0.578 bits per heavy atom. The summed E-state index contributed by atoms with van der Waals surface area (Å²) in [5.41, 5.74) is 15.6. The van der Waals surface area contributed by atoms with Gasteiger partial charge in [0, 0.05) is 65.3 Å². The summed E-state index contributed by atoms with van der Waals surface area (Å²) in [5.74, 6) is 1.64. The van der Waals surface area contributed by atoms with Crippen LogP contribution in [0.1, 0.15) is 22.3 Å². The fraction of sp³-hybridized carbons (Fsp3) is 0. The van der Waals surface area contributed by atoms with Crippen molar-refractivity contribution in [3.63, 3.8) is 0 Å². The lowest BCUT2D eigenvalue weighted by Gasteiger charge is -2.27. The van der Waals surface area contributed by atoms with Crippen molar-refractivity contribution in [2.45, 2.75) is 0 Å². The molecule has 0 atom stereocenters. The number of pyridine rings is 1. The van der Waals surface area contributed by atoms with Gasteiger partial charge >= 0.3 is 0 Å². The number of benzene rings is 11. The molecular formula is C79H43N11. The molecule has 6 heterocycles. The second kappa shape index (κ2) is 20.2. The third-order valence-electron chi connectivity index (χ3n) is 17.5. The van der Waals surface area contributed by atoms with Crippen LogP contribution in [0.4, 0.5) is 0 Å². The van der Waals surface area contributed by atoms with Gasteiger partial charge in [-0.3, -0.25) is 9.13 Å². The zero-order valence-corrected chi connectivity index (χ0v) is 47.7. The molecule has 11 aromatic carbocycles. The van der Waals surface area contributed by atoms with Gasteiger partial charge in [-0.1, -0.05) is 158 Å². The number of aromatic nitrogens is 7. The second-order valence-corrected chi connectivity index (χ2v) is 22.4. The van der Waals surface area contributed by atoms with Crippen molar-refractivity contribution in [2.75, 3.05) is 0 Å². The highest BCUT2D eigenvalue weighted by Gasteiger charge is 2.34. The van der Waals surface area contributed by atoms with Gasteiger partial charge in [0.25, 0.3) is 0 Å². The van der Waals surface area contributed by atoms with Crippen LogP contribution >= 0.6 is 0 Å². The molecule has 0 unspecified atom stereocenters. The number of hydrogen-bond donors (Lipinski definition) is 0. The van der Waals surface area contributed by atoms with E-state index in [1.54, 1.807) is 0 Å². The zero-order chi connectivity index (χ0) is 60.1. The molecule has 0 aliphatic rings. The highest BCUT2D eigenvalue weighted by molar-refractivity contribution is 6.17. The van der Waals surface area contributed by atoms with Crippen LogP contribution in [-0.4, -0.2) is 33.2 Å². The molecule has 11 heteroatoms. The van der Waals surface area contributed by atoms with Crippen molar-refractivity contribution in [1.29, 1.82) is 21.0 Å². The molecule has 17 aromatic rings. The molecule has 0 aliphatic carbocycles. The fourth-order valence-electron chi connectivity index (χ4n) is 13.6.